The van der Waals surface area contributed by atoms with Gasteiger partial charge in [-0.05, 0) is 32.9 Å². The first-order chi connectivity index (χ1) is 23.6. The van der Waals surface area contributed by atoms with Crippen LogP contribution in [0, 0.1) is 0 Å². The third kappa shape index (κ3) is 39.3. The Hall–Kier alpha value is -1.10. The van der Waals surface area contributed by atoms with Crippen LogP contribution < -0.4 is 5.32 Å². The molecule has 0 aliphatic rings. The Labute approximate surface area is 301 Å². The quantitative estimate of drug-likeness (QED) is 0.0517. The highest BCUT2D eigenvalue weighted by Crippen LogP contribution is 2.15. The molecule has 1 amide bonds. The van der Waals surface area contributed by atoms with Crippen molar-refractivity contribution in [2.45, 2.75) is 232 Å². The molecule has 48 heavy (non-hydrogen) atoms. The Morgan fingerprint density at radius 3 is 1.19 bits per heavy atom. The van der Waals surface area contributed by atoms with E-state index in [0.717, 1.165) is 45.3 Å². The molecule has 0 aliphatic heterocycles. The topological polar surface area (TPSA) is 58.6 Å². The number of unbranched alkanes of at least 4 members (excludes halogenated alkanes) is 29. The van der Waals surface area contributed by atoms with Crippen LogP contribution in [0.15, 0.2) is 0 Å². The fraction of sp³-hybridized carbons (Fsp3) is 0.953. The van der Waals surface area contributed by atoms with Crippen LogP contribution in [0.4, 0.5) is 0 Å². The number of esters is 1. The summed E-state index contributed by atoms with van der Waals surface area (Å²) in [5.41, 5.74) is 0. The van der Waals surface area contributed by atoms with Gasteiger partial charge in [-0.25, -0.2) is 0 Å². The lowest BCUT2D eigenvalue weighted by molar-refractivity contribution is -0.144. The van der Waals surface area contributed by atoms with Gasteiger partial charge >= 0.3 is 5.97 Å². The van der Waals surface area contributed by atoms with Crippen LogP contribution in [0.2, 0.25) is 0 Å². The molecule has 0 aliphatic carbocycles. The maximum atomic E-state index is 12.2. The molecule has 0 radical (unpaired) electrons. The number of carbonyl (C=O) groups excluding carboxylic acids is 2. The molecule has 0 aromatic carbocycles. The second-order valence-electron chi connectivity index (χ2n) is 15.0. The van der Waals surface area contributed by atoms with Crippen LogP contribution in [0.25, 0.3) is 0 Å². The highest BCUT2D eigenvalue weighted by atomic mass is 16.5. The van der Waals surface area contributed by atoms with Crippen molar-refractivity contribution in [1.82, 2.24) is 10.2 Å². The number of hydrogen-bond donors (Lipinski definition) is 1. The van der Waals surface area contributed by atoms with E-state index < -0.39 is 0 Å². The van der Waals surface area contributed by atoms with Crippen LogP contribution >= 0.6 is 0 Å². The van der Waals surface area contributed by atoms with Gasteiger partial charge in [-0.2, -0.15) is 0 Å². The predicted octanol–water partition coefficient (Wildman–Crippen LogP) is 12.9. The fourth-order valence-electron chi connectivity index (χ4n) is 6.64. The summed E-state index contributed by atoms with van der Waals surface area (Å²) in [6.45, 7) is 7.40. The van der Waals surface area contributed by atoms with E-state index in [1.807, 2.05) is 7.05 Å². The van der Waals surface area contributed by atoms with E-state index >= 15 is 0 Å². The van der Waals surface area contributed by atoms with Crippen molar-refractivity contribution in [3.8, 4) is 0 Å². The molecule has 286 valence electrons. The van der Waals surface area contributed by atoms with Crippen LogP contribution in [0.5, 0.6) is 0 Å². The fourth-order valence-corrected chi connectivity index (χ4v) is 6.64. The maximum Gasteiger partial charge on any atom is 0.305 e. The van der Waals surface area contributed by atoms with E-state index in [9.17, 15) is 9.59 Å². The number of hydrogen-bond acceptors (Lipinski definition) is 4. The van der Waals surface area contributed by atoms with Crippen molar-refractivity contribution < 1.29 is 14.3 Å². The highest BCUT2D eigenvalue weighted by molar-refractivity contribution is 5.75. The summed E-state index contributed by atoms with van der Waals surface area (Å²) in [6, 6.07) is 0. The Morgan fingerprint density at radius 1 is 0.438 bits per heavy atom. The highest BCUT2D eigenvalue weighted by Gasteiger charge is 2.06. The SMILES string of the molecule is CCCCCCCCCCCCCCCCCCNC(=O)CCCN(C)CCOC(=O)CCCCCCCCCCCCCCCCC. The lowest BCUT2D eigenvalue weighted by Gasteiger charge is -2.16. The molecule has 0 saturated carbocycles. The summed E-state index contributed by atoms with van der Waals surface area (Å²) in [7, 11) is 2.04. The van der Waals surface area contributed by atoms with Crippen molar-refractivity contribution in [2.75, 3.05) is 33.3 Å². The largest absolute Gasteiger partial charge is 0.464 e. The Kier molecular flexibility index (Phi) is 39.4. The minimum absolute atomic E-state index is 0.0634. The maximum absolute atomic E-state index is 12.2. The van der Waals surface area contributed by atoms with Gasteiger partial charge in [-0.3, -0.25) is 9.59 Å². The molecule has 0 aromatic heterocycles. The average molecular weight is 679 g/mol. The monoisotopic (exact) mass is 679 g/mol. The van der Waals surface area contributed by atoms with Crippen LogP contribution in [-0.2, 0) is 14.3 Å². The first-order valence-electron chi connectivity index (χ1n) is 21.7. The van der Waals surface area contributed by atoms with E-state index in [4.69, 9.17) is 4.74 Å². The summed E-state index contributed by atoms with van der Waals surface area (Å²) in [5.74, 6) is 0.103. The molecule has 0 fully saturated rings. The number of likely N-dealkylation sites (N-methyl/N-ethyl adjacent to an activating group) is 1. The zero-order chi connectivity index (χ0) is 35.0. The van der Waals surface area contributed by atoms with Crippen molar-refractivity contribution in [1.29, 1.82) is 0 Å². The Balaban J connectivity index is 3.35. The van der Waals surface area contributed by atoms with Crippen LogP contribution in [0.3, 0.4) is 0 Å². The summed E-state index contributed by atoms with van der Waals surface area (Å²) >= 11 is 0. The summed E-state index contributed by atoms with van der Waals surface area (Å²) in [6.07, 6.45) is 43.9. The summed E-state index contributed by atoms with van der Waals surface area (Å²) in [4.78, 5) is 26.4. The van der Waals surface area contributed by atoms with Gasteiger partial charge in [0.2, 0.25) is 5.91 Å². The predicted molar refractivity (Wildman–Crippen MR) is 210 cm³/mol. The van der Waals surface area contributed by atoms with Gasteiger partial charge in [0.05, 0.1) is 0 Å². The zero-order valence-corrected chi connectivity index (χ0v) is 33.0. The van der Waals surface area contributed by atoms with Crippen molar-refractivity contribution in [3.05, 3.63) is 0 Å². The molecular weight excluding hydrogens is 592 g/mol. The molecule has 0 atom stereocenters. The first-order valence-corrected chi connectivity index (χ1v) is 21.7. The minimum Gasteiger partial charge on any atom is -0.464 e. The molecule has 0 rings (SSSR count). The van der Waals surface area contributed by atoms with E-state index in [2.05, 4.69) is 24.1 Å². The summed E-state index contributed by atoms with van der Waals surface area (Å²) in [5, 5.41) is 3.09. The molecule has 0 spiro atoms. The van der Waals surface area contributed by atoms with Crippen molar-refractivity contribution >= 4 is 11.9 Å². The van der Waals surface area contributed by atoms with E-state index in [0.29, 0.717) is 19.4 Å². The number of ether oxygens (including phenoxy) is 1. The molecule has 0 unspecified atom stereocenters. The molecule has 0 heterocycles. The molecule has 1 N–H and O–H groups in total. The zero-order valence-electron chi connectivity index (χ0n) is 33.0. The van der Waals surface area contributed by atoms with E-state index in [1.165, 1.54) is 180 Å². The molecular formula is C43H86N2O3. The number of rotatable bonds is 40. The Bertz CT molecular complexity index is 656. The third-order valence-corrected chi connectivity index (χ3v) is 10.0. The molecule has 0 bridgehead atoms. The standard InChI is InChI=1S/C43H86N2O3/c1-4-6-8-10-12-14-16-18-20-22-24-26-28-30-32-34-38-44-42(46)36-35-39-45(3)40-41-48-43(47)37-33-31-29-27-25-23-21-19-17-15-13-11-9-7-5-2/h4-41H2,1-3H3,(H,44,46). The molecule has 5 heteroatoms. The third-order valence-electron chi connectivity index (χ3n) is 10.0. The van der Waals surface area contributed by atoms with Crippen LogP contribution in [0.1, 0.15) is 232 Å². The molecule has 5 nitrogen and oxygen atoms in total. The lowest BCUT2D eigenvalue weighted by Crippen LogP contribution is -2.28. The summed E-state index contributed by atoms with van der Waals surface area (Å²) < 4.78 is 5.44. The van der Waals surface area contributed by atoms with Gasteiger partial charge < -0.3 is 15.0 Å². The normalized spacial score (nSPS) is 11.4. The van der Waals surface area contributed by atoms with E-state index in [1.54, 1.807) is 0 Å². The van der Waals surface area contributed by atoms with Gasteiger partial charge in [0.1, 0.15) is 6.61 Å². The van der Waals surface area contributed by atoms with Crippen LogP contribution in [-0.4, -0.2) is 50.1 Å². The van der Waals surface area contributed by atoms with Crippen molar-refractivity contribution in [3.63, 3.8) is 0 Å². The number of nitrogens with one attached hydrogen (secondary N) is 1. The smallest absolute Gasteiger partial charge is 0.305 e. The van der Waals surface area contributed by atoms with Gasteiger partial charge in [-0.15, -0.1) is 0 Å². The van der Waals surface area contributed by atoms with Crippen molar-refractivity contribution in [2.24, 2.45) is 0 Å². The first kappa shape index (κ1) is 46.9. The average Bonchev–Trinajstić information content (AvgIpc) is 3.08. The van der Waals surface area contributed by atoms with Gasteiger partial charge in [0, 0.05) is 25.9 Å². The Morgan fingerprint density at radius 2 is 0.792 bits per heavy atom. The minimum atomic E-state index is -0.0634. The number of nitrogens with zero attached hydrogens (tertiary/aromatic N) is 1. The van der Waals surface area contributed by atoms with Gasteiger partial charge in [0.25, 0.3) is 0 Å². The van der Waals surface area contributed by atoms with Gasteiger partial charge in [-0.1, -0.05) is 200 Å². The van der Waals surface area contributed by atoms with Gasteiger partial charge in [0.15, 0.2) is 0 Å². The second-order valence-corrected chi connectivity index (χ2v) is 15.0. The number of amides is 1. The lowest BCUT2D eigenvalue weighted by atomic mass is 10.0. The molecule has 0 aromatic rings. The molecule has 0 saturated heterocycles. The van der Waals surface area contributed by atoms with E-state index in [-0.39, 0.29) is 11.9 Å². The second kappa shape index (κ2) is 40.3. The number of carbonyl (C=O) groups is 2.